The molecular weight excluding hydrogens is 419 g/mol. The second-order valence-electron chi connectivity index (χ2n) is 6.05. The number of furan rings is 1. The quantitative estimate of drug-likeness (QED) is 0.295. The molecule has 148 valence electrons. The highest BCUT2D eigenvalue weighted by Gasteiger charge is 2.09. The van der Waals surface area contributed by atoms with Crippen molar-refractivity contribution in [3.05, 3.63) is 63.8 Å². The number of halogens is 2. The average molecular weight is 439 g/mol. The zero-order chi connectivity index (χ0) is 19.9. The molecule has 0 saturated carbocycles. The number of carbonyl (C=O) groups excluding carboxylic acids is 1. The lowest BCUT2D eigenvalue weighted by Gasteiger charge is -2.08. The van der Waals surface area contributed by atoms with Gasteiger partial charge < -0.3 is 13.9 Å². The molecule has 0 bridgehead atoms. The molecule has 0 atom stereocenters. The summed E-state index contributed by atoms with van der Waals surface area (Å²) in [5.74, 6) is 1.72. The Morgan fingerprint density at radius 1 is 1.14 bits per heavy atom. The van der Waals surface area contributed by atoms with Gasteiger partial charge in [0.2, 0.25) is 0 Å². The van der Waals surface area contributed by atoms with Gasteiger partial charge in [-0.15, -0.1) is 11.8 Å². The summed E-state index contributed by atoms with van der Waals surface area (Å²) < 4.78 is 16.4. The summed E-state index contributed by atoms with van der Waals surface area (Å²) in [5, 5.41) is 2.22. The number of carbonyl (C=O) groups is 1. The first-order valence-corrected chi connectivity index (χ1v) is 10.8. The van der Waals surface area contributed by atoms with E-state index in [9.17, 15) is 4.79 Å². The fraction of sp³-hybridized carbons (Fsp3) is 0.286. The Hall–Kier alpha value is -1.82. The zero-order valence-corrected chi connectivity index (χ0v) is 17.7. The van der Waals surface area contributed by atoms with Crippen LogP contribution in [0.4, 0.5) is 0 Å². The molecule has 4 nitrogen and oxygen atoms in total. The van der Waals surface area contributed by atoms with Gasteiger partial charge in [-0.3, -0.25) is 4.79 Å². The minimum Gasteiger partial charge on any atom is -0.489 e. The van der Waals surface area contributed by atoms with Crippen LogP contribution in [-0.2, 0) is 22.6 Å². The van der Waals surface area contributed by atoms with Gasteiger partial charge in [-0.25, -0.2) is 0 Å². The van der Waals surface area contributed by atoms with E-state index in [-0.39, 0.29) is 5.97 Å². The lowest BCUT2D eigenvalue weighted by atomic mass is 10.1. The van der Waals surface area contributed by atoms with Gasteiger partial charge in [0.15, 0.2) is 0 Å². The molecule has 0 N–H and O–H groups in total. The normalized spacial score (nSPS) is 11.0. The maximum Gasteiger partial charge on any atom is 0.315 e. The lowest BCUT2D eigenvalue weighted by molar-refractivity contribution is -0.139. The second-order valence-corrected chi connectivity index (χ2v) is 8.00. The van der Waals surface area contributed by atoms with Crippen molar-refractivity contribution in [2.24, 2.45) is 0 Å². The molecule has 3 aromatic rings. The minimum atomic E-state index is -0.174. The molecule has 0 aliphatic heterocycles. The first-order valence-electron chi connectivity index (χ1n) is 8.87. The van der Waals surface area contributed by atoms with Crippen LogP contribution in [0.1, 0.15) is 18.1 Å². The number of esters is 1. The van der Waals surface area contributed by atoms with Gasteiger partial charge in [0.05, 0.1) is 18.6 Å². The third kappa shape index (κ3) is 5.60. The molecule has 28 heavy (non-hydrogen) atoms. The molecule has 0 saturated heterocycles. The molecule has 3 rings (SSSR count). The largest absolute Gasteiger partial charge is 0.489 e. The summed E-state index contributed by atoms with van der Waals surface area (Å²) >= 11 is 13.6. The molecule has 0 unspecified atom stereocenters. The second kappa shape index (κ2) is 10.1. The molecule has 0 fully saturated rings. The topological polar surface area (TPSA) is 48.7 Å². The molecule has 0 radical (unpaired) electrons. The van der Waals surface area contributed by atoms with Gasteiger partial charge in [0.25, 0.3) is 0 Å². The van der Waals surface area contributed by atoms with Crippen molar-refractivity contribution in [1.29, 1.82) is 0 Å². The van der Waals surface area contributed by atoms with Crippen molar-refractivity contribution >= 4 is 51.9 Å². The van der Waals surface area contributed by atoms with Crippen molar-refractivity contribution in [2.75, 3.05) is 18.1 Å². The number of hydrogen-bond donors (Lipinski definition) is 0. The van der Waals surface area contributed by atoms with Crippen molar-refractivity contribution in [3.63, 3.8) is 0 Å². The SMILES string of the molecule is CCOC(=O)CSCCc1coc2cc(OCc3ccc(Cl)cc3Cl)ccc12. The Kier molecular flexibility index (Phi) is 7.54. The van der Waals surface area contributed by atoms with E-state index < -0.39 is 0 Å². The van der Waals surface area contributed by atoms with E-state index in [1.807, 2.05) is 31.2 Å². The average Bonchev–Trinajstić information content (AvgIpc) is 3.07. The molecule has 0 aliphatic carbocycles. The van der Waals surface area contributed by atoms with Crippen LogP contribution >= 0.6 is 35.0 Å². The predicted molar refractivity (Wildman–Crippen MR) is 115 cm³/mol. The molecular formula is C21H20Cl2O4S. The first kappa shape index (κ1) is 20.9. The predicted octanol–water partition coefficient (Wildman–Crippen LogP) is 6.16. The smallest absolute Gasteiger partial charge is 0.315 e. The highest BCUT2D eigenvalue weighted by Crippen LogP contribution is 2.28. The standard InChI is InChI=1S/C21H20Cl2O4S/c1-2-25-21(24)13-28-8-7-14-11-27-20-10-17(5-6-18(14)20)26-12-15-3-4-16(22)9-19(15)23/h3-6,9-11H,2,7-8,12-13H2,1H3. The highest BCUT2D eigenvalue weighted by molar-refractivity contribution is 7.99. The van der Waals surface area contributed by atoms with Gasteiger partial charge in [-0.05, 0) is 48.9 Å². The number of hydrogen-bond acceptors (Lipinski definition) is 5. The Balaban J connectivity index is 1.57. The fourth-order valence-electron chi connectivity index (χ4n) is 2.69. The maximum absolute atomic E-state index is 11.4. The molecule has 0 spiro atoms. The van der Waals surface area contributed by atoms with E-state index in [0.717, 1.165) is 34.3 Å². The number of rotatable bonds is 9. The van der Waals surface area contributed by atoms with Crippen LogP contribution in [0.5, 0.6) is 5.75 Å². The van der Waals surface area contributed by atoms with Crippen molar-refractivity contribution in [2.45, 2.75) is 20.0 Å². The summed E-state index contributed by atoms with van der Waals surface area (Å²) in [6.45, 7) is 2.57. The number of fused-ring (bicyclic) bond motifs is 1. The van der Waals surface area contributed by atoms with E-state index in [0.29, 0.717) is 34.8 Å². The van der Waals surface area contributed by atoms with Crippen molar-refractivity contribution in [3.8, 4) is 5.75 Å². The van der Waals surface area contributed by atoms with Crippen LogP contribution in [0.15, 0.2) is 47.1 Å². The maximum atomic E-state index is 11.4. The van der Waals surface area contributed by atoms with E-state index in [2.05, 4.69) is 0 Å². The summed E-state index contributed by atoms with van der Waals surface area (Å²) in [6, 6.07) is 11.1. The number of ether oxygens (including phenoxy) is 2. The molecule has 7 heteroatoms. The number of benzene rings is 2. The Labute approximate surface area is 178 Å². The van der Waals surface area contributed by atoms with Crippen LogP contribution in [-0.4, -0.2) is 24.1 Å². The van der Waals surface area contributed by atoms with Crippen LogP contribution < -0.4 is 4.74 Å². The Morgan fingerprint density at radius 2 is 2.00 bits per heavy atom. The van der Waals surface area contributed by atoms with Crippen LogP contribution in [0.2, 0.25) is 10.0 Å². The van der Waals surface area contributed by atoms with Crippen LogP contribution in [0, 0.1) is 0 Å². The Morgan fingerprint density at radius 3 is 2.79 bits per heavy atom. The molecule has 1 heterocycles. The number of aryl methyl sites for hydroxylation is 1. The highest BCUT2D eigenvalue weighted by atomic mass is 35.5. The Bertz CT molecular complexity index is 955. The van der Waals surface area contributed by atoms with E-state index >= 15 is 0 Å². The third-order valence-electron chi connectivity index (χ3n) is 4.08. The van der Waals surface area contributed by atoms with Gasteiger partial charge in [0.1, 0.15) is 17.9 Å². The summed E-state index contributed by atoms with van der Waals surface area (Å²) in [5.41, 5.74) is 2.74. The lowest BCUT2D eigenvalue weighted by Crippen LogP contribution is -2.07. The molecule has 1 aromatic heterocycles. The van der Waals surface area contributed by atoms with Crippen molar-refractivity contribution in [1.82, 2.24) is 0 Å². The van der Waals surface area contributed by atoms with Gasteiger partial charge >= 0.3 is 5.97 Å². The summed E-state index contributed by atoms with van der Waals surface area (Å²) in [6.07, 6.45) is 2.58. The monoisotopic (exact) mass is 438 g/mol. The first-order chi connectivity index (χ1) is 13.6. The molecule has 0 aliphatic rings. The van der Waals surface area contributed by atoms with Gasteiger partial charge in [0, 0.05) is 27.1 Å². The van der Waals surface area contributed by atoms with E-state index in [4.69, 9.17) is 37.1 Å². The number of thioether (sulfide) groups is 1. The van der Waals surface area contributed by atoms with Gasteiger partial charge in [-0.1, -0.05) is 29.3 Å². The molecule has 0 amide bonds. The van der Waals surface area contributed by atoms with E-state index in [1.165, 1.54) is 0 Å². The van der Waals surface area contributed by atoms with Crippen LogP contribution in [0.3, 0.4) is 0 Å². The molecule has 2 aromatic carbocycles. The summed E-state index contributed by atoms with van der Waals surface area (Å²) in [7, 11) is 0. The van der Waals surface area contributed by atoms with Crippen molar-refractivity contribution < 1.29 is 18.7 Å². The minimum absolute atomic E-state index is 0.174. The third-order valence-corrected chi connectivity index (χ3v) is 5.60. The van der Waals surface area contributed by atoms with E-state index in [1.54, 1.807) is 30.2 Å². The summed E-state index contributed by atoms with van der Waals surface area (Å²) in [4.78, 5) is 11.4. The van der Waals surface area contributed by atoms with Gasteiger partial charge in [-0.2, -0.15) is 0 Å². The fourth-order valence-corrected chi connectivity index (χ4v) is 3.91. The zero-order valence-electron chi connectivity index (χ0n) is 15.4. The van der Waals surface area contributed by atoms with Crippen LogP contribution in [0.25, 0.3) is 11.0 Å².